The van der Waals surface area contributed by atoms with Crippen molar-refractivity contribution in [2.45, 2.75) is 32.0 Å². The van der Waals surface area contributed by atoms with E-state index < -0.39 is 0 Å². The summed E-state index contributed by atoms with van der Waals surface area (Å²) < 4.78 is 1.90. The van der Waals surface area contributed by atoms with E-state index >= 15 is 0 Å². The number of benzene rings is 1. The van der Waals surface area contributed by atoms with Crippen LogP contribution in [0.1, 0.15) is 35.6 Å². The molecule has 1 amide bonds. The van der Waals surface area contributed by atoms with Crippen LogP contribution in [0.3, 0.4) is 0 Å². The second-order valence-electron chi connectivity index (χ2n) is 7.18. The second-order valence-corrected chi connectivity index (χ2v) is 7.18. The molecule has 0 spiro atoms. The van der Waals surface area contributed by atoms with Crippen LogP contribution in [0.2, 0.25) is 0 Å². The molecule has 144 valence electrons. The number of likely N-dealkylation sites (tertiary alicyclic amines) is 1. The van der Waals surface area contributed by atoms with Crippen LogP contribution in [-0.4, -0.2) is 38.7 Å². The van der Waals surface area contributed by atoms with Crippen LogP contribution >= 0.6 is 0 Å². The highest BCUT2D eigenvalue weighted by Gasteiger charge is 2.29. The Labute approximate surface area is 165 Å². The van der Waals surface area contributed by atoms with Crippen molar-refractivity contribution in [2.24, 2.45) is 0 Å². The van der Waals surface area contributed by atoms with E-state index in [2.05, 4.69) is 32.4 Å². The molecule has 2 aromatic heterocycles. The summed E-state index contributed by atoms with van der Waals surface area (Å²) in [6.45, 7) is 3.09. The van der Waals surface area contributed by atoms with Crippen molar-refractivity contribution in [3.05, 3.63) is 83.9 Å². The van der Waals surface area contributed by atoms with E-state index in [1.165, 1.54) is 5.56 Å². The van der Waals surface area contributed by atoms with Crippen molar-refractivity contribution in [1.29, 1.82) is 0 Å². The van der Waals surface area contributed by atoms with E-state index in [1.807, 2.05) is 47.4 Å². The number of carbonyl (C=O) groups excluding carboxylic acids is 1. The molecule has 0 saturated carbocycles. The molecular formula is C22H25N5O. The number of hydrogen-bond donors (Lipinski definition) is 1. The van der Waals surface area contributed by atoms with Gasteiger partial charge in [-0.15, -0.1) is 0 Å². The van der Waals surface area contributed by atoms with Gasteiger partial charge in [0.2, 0.25) is 5.91 Å². The highest BCUT2D eigenvalue weighted by atomic mass is 16.2. The summed E-state index contributed by atoms with van der Waals surface area (Å²) in [5.41, 5.74) is 3.14. The lowest BCUT2D eigenvalue weighted by atomic mass is 10.1. The maximum atomic E-state index is 13.0. The molecule has 1 aliphatic heterocycles. The Balaban J connectivity index is 1.40. The third kappa shape index (κ3) is 4.46. The molecule has 28 heavy (non-hydrogen) atoms. The number of aromatic nitrogens is 3. The normalized spacial score (nSPS) is 15.4. The zero-order valence-electron chi connectivity index (χ0n) is 15.9. The molecule has 1 saturated heterocycles. The number of pyridine rings is 1. The lowest BCUT2D eigenvalue weighted by molar-refractivity contribution is -0.126. The fourth-order valence-corrected chi connectivity index (χ4v) is 3.71. The zero-order valence-corrected chi connectivity index (χ0v) is 15.9. The van der Waals surface area contributed by atoms with Crippen molar-refractivity contribution < 1.29 is 4.79 Å². The van der Waals surface area contributed by atoms with Crippen LogP contribution in [0.15, 0.2) is 67.3 Å². The minimum Gasteiger partial charge on any atom is -0.350 e. The molecule has 1 fully saturated rings. The van der Waals surface area contributed by atoms with Crippen LogP contribution in [0.4, 0.5) is 0 Å². The van der Waals surface area contributed by atoms with Crippen LogP contribution in [0, 0.1) is 0 Å². The molecule has 1 atom stereocenters. The summed E-state index contributed by atoms with van der Waals surface area (Å²) in [6.07, 6.45) is 9.61. The number of amides is 1. The first-order valence-corrected chi connectivity index (χ1v) is 9.76. The fraction of sp³-hybridized carbons (Fsp3) is 0.318. The summed E-state index contributed by atoms with van der Waals surface area (Å²) in [5, 5.41) is 7.50. The second kappa shape index (κ2) is 8.80. The molecule has 0 aliphatic carbocycles. The van der Waals surface area contributed by atoms with Gasteiger partial charge >= 0.3 is 0 Å². The van der Waals surface area contributed by atoms with Crippen LogP contribution < -0.4 is 5.32 Å². The van der Waals surface area contributed by atoms with Gasteiger partial charge in [0.1, 0.15) is 6.04 Å². The molecule has 0 bridgehead atoms. The van der Waals surface area contributed by atoms with Crippen LogP contribution in [0.25, 0.3) is 0 Å². The Kier molecular flexibility index (Phi) is 5.77. The number of rotatable bonds is 7. The smallest absolute Gasteiger partial charge is 0.242 e. The molecule has 3 aromatic rings. The third-order valence-corrected chi connectivity index (χ3v) is 5.10. The molecule has 0 unspecified atom stereocenters. The molecular weight excluding hydrogens is 350 g/mol. The molecule has 0 radical (unpaired) electrons. The maximum absolute atomic E-state index is 13.0. The van der Waals surface area contributed by atoms with E-state index in [4.69, 9.17) is 0 Å². The van der Waals surface area contributed by atoms with Gasteiger partial charge in [-0.2, -0.15) is 5.10 Å². The lowest BCUT2D eigenvalue weighted by Crippen LogP contribution is -2.39. The molecule has 6 heteroatoms. The van der Waals surface area contributed by atoms with Crippen molar-refractivity contribution >= 4 is 5.91 Å². The number of carbonyl (C=O) groups is 1. The SMILES string of the molecule is O=C(NCc1cnn(Cc2ccccc2)c1)[C@H](c1cccnc1)N1CCCC1. The number of nitrogens with one attached hydrogen (secondary N) is 1. The lowest BCUT2D eigenvalue weighted by Gasteiger charge is -2.26. The summed E-state index contributed by atoms with van der Waals surface area (Å²) in [6, 6.07) is 13.8. The van der Waals surface area contributed by atoms with Gasteiger partial charge in [0.25, 0.3) is 0 Å². The van der Waals surface area contributed by atoms with E-state index in [0.29, 0.717) is 6.54 Å². The van der Waals surface area contributed by atoms with E-state index in [9.17, 15) is 4.79 Å². The van der Waals surface area contributed by atoms with Crippen molar-refractivity contribution in [3.63, 3.8) is 0 Å². The highest BCUT2D eigenvalue weighted by Crippen LogP contribution is 2.24. The summed E-state index contributed by atoms with van der Waals surface area (Å²) in [5.74, 6) is 0.0192. The third-order valence-electron chi connectivity index (χ3n) is 5.10. The molecule has 4 rings (SSSR count). The van der Waals surface area contributed by atoms with Gasteiger partial charge in [0, 0.05) is 30.7 Å². The van der Waals surface area contributed by atoms with Crippen molar-refractivity contribution in [3.8, 4) is 0 Å². The monoisotopic (exact) mass is 375 g/mol. The van der Waals surface area contributed by atoms with E-state index in [1.54, 1.807) is 12.4 Å². The minimum absolute atomic E-state index is 0.0192. The minimum atomic E-state index is -0.282. The zero-order chi connectivity index (χ0) is 19.2. The van der Waals surface area contributed by atoms with Crippen LogP contribution in [-0.2, 0) is 17.9 Å². The number of nitrogens with zero attached hydrogens (tertiary/aromatic N) is 4. The first-order valence-electron chi connectivity index (χ1n) is 9.76. The predicted molar refractivity (Wildman–Crippen MR) is 107 cm³/mol. The van der Waals surface area contributed by atoms with Crippen molar-refractivity contribution in [2.75, 3.05) is 13.1 Å². The van der Waals surface area contributed by atoms with E-state index in [0.717, 1.165) is 43.6 Å². The van der Waals surface area contributed by atoms with Gasteiger partial charge in [0.15, 0.2) is 0 Å². The molecule has 3 heterocycles. The Bertz CT molecular complexity index is 888. The fourth-order valence-electron chi connectivity index (χ4n) is 3.71. The predicted octanol–water partition coefficient (Wildman–Crippen LogP) is 2.78. The van der Waals surface area contributed by atoms with Gasteiger partial charge in [-0.05, 0) is 43.1 Å². The van der Waals surface area contributed by atoms with Crippen LogP contribution in [0.5, 0.6) is 0 Å². The summed E-state index contributed by atoms with van der Waals surface area (Å²) >= 11 is 0. The van der Waals surface area contributed by atoms with Gasteiger partial charge < -0.3 is 5.32 Å². The highest BCUT2D eigenvalue weighted by molar-refractivity contribution is 5.83. The number of hydrogen-bond acceptors (Lipinski definition) is 4. The summed E-state index contributed by atoms with van der Waals surface area (Å²) in [7, 11) is 0. The largest absolute Gasteiger partial charge is 0.350 e. The molecule has 6 nitrogen and oxygen atoms in total. The molecule has 1 aromatic carbocycles. The molecule has 1 N–H and O–H groups in total. The standard InChI is InChI=1S/C22H25N5O/c28-22(21(26-11-4-5-12-26)20-9-6-10-23-15-20)24-13-19-14-25-27(17-19)16-18-7-2-1-3-8-18/h1-3,6-10,14-15,17,21H,4-5,11-13,16H2,(H,24,28)/t21-/m0/s1. The van der Waals surface area contributed by atoms with Crippen molar-refractivity contribution in [1.82, 2.24) is 25.0 Å². The Morgan fingerprint density at radius 2 is 1.86 bits per heavy atom. The van der Waals surface area contributed by atoms with Gasteiger partial charge in [-0.3, -0.25) is 19.4 Å². The maximum Gasteiger partial charge on any atom is 0.242 e. The Hall–Kier alpha value is -2.99. The topological polar surface area (TPSA) is 63.1 Å². The van der Waals surface area contributed by atoms with Gasteiger partial charge in [-0.1, -0.05) is 36.4 Å². The Morgan fingerprint density at radius 1 is 1.04 bits per heavy atom. The van der Waals surface area contributed by atoms with Gasteiger partial charge in [0.05, 0.1) is 12.7 Å². The molecule has 1 aliphatic rings. The first-order chi connectivity index (χ1) is 13.8. The average Bonchev–Trinajstić information content (AvgIpc) is 3.41. The van der Waals surface area contributed by atoms with Gasteiger partial charge in [-0.25, -0.2) is 0 Å². The average molecular weight is 375 g/mol. The first kappa shape index (κ1) is 18.4. The quantitative estimate of drug-likeness (QED) is 0.690. The Morgan fingerprint density at radius 3 is 2.61 bits per heavy atom. The van der Waals surface area contributed by atoms with E-state index in [-0.39, 0.29) is 11.9 Å². The summed E-state index contributed by atoms with van der Waals surface area (Å²) in [4.78, 5) is 19.4.